The second-order valence-electron chi connectivity index (χ2n) is 8.50. The van der Waals surface area contributed by atoms with Gasteiger partial charge in [0.1, 0.15) is 5.69 Å². The minimum Gasteiger partial charge on any atom is -0.454 e. The minimum absolute atomic E-state index is 0.274. The van der Waals surface area contributed by atoms with Crippen molar-refractivity contribution in [3.63, 3.8) is 0 Å². The van der Waals surface area contributed by atoms with Gasteiger partial charge in [-0.1, -0.05) is 23.4 Å². The van der Waals surface area contributed by atoms with Crippen molar-refractivity contribution in [1.82, 2.24) is 15.0 Å². The standard InChI is InChI=1S/C25H30N4O3/c1-27(10-5-11-28-12-14-29(15-13-28)21-6-3-2-4-7-21)18-22-17-23(26-32-22)20-8-9-24-25(16-20)31-19-30-24/h2-4,6-9,16-17H,5,10-15,18-19H2,1H3. The van der Waals surface area contributed by atoms with Gasteiger partial charge in [0.05, 0.1) is 6.54 Å². The molecule has 0 amide bonds. The molecule has 1 aromatic heterocycles. The number of ether oxygens (including phenoxy) is 2. The Bertz CT molecular complexity index is 1020. The third kappa shape index (κ3) is 4.89. The quantitative estimate of drug-likeness (QED) is 0.536. The van der Waals surface area contributed by atoms with E-state index < -0.39 is 0 Å². The van der Waals surface area contributed by atoms with Crippen LogP contribution in [0.25, 0.3) is 11.3 Å². The molecular formula is C25H30N4O3. The smallest absolute Gasteiger partial charge is 0.231 e. The average molecular weight is 435 g/mol. The van der Waals surface area contributed by atoms with Gasteiger partial charge in [-0.15, -0.1) is 0 Å². The third-order valence-corrected chi connectivity index (χ3v) is 6.16. The first-order chi connectivity index (χ1) is 15.7. The molecule has 0 N–H and O–H groups in total. The second-order valence-corrected chi connectivity index (χ2v) is 8.50. The van der Waals surface area contributed by atoms with Crippen molar-refractivity contribution in [3.05, 3.63) is 60.4 Å². The molecule has 5 rings (SSSR count). The zero-order valence-corrected chi connectivity index (χ0v) is 18.6. The molecule has 0 aliphatic carbocycles. The first-order valence-corrected chi connectivity index (χ1v) is 11.3. The number of rotatable bonds is 8. The summed E-state index contributed by atoms with van der Waals surface area (Å²) in [6, 6.07) is 18.6. The first-order valence-electron chi connectivity index (χ1n) is 11.3. The second kappa shape index (κ2) is 9.63. The lowest BCUT2D eigenvalue weighted by Gasteiger charge is -2.36. The normalized spacial score (nSPS) is 16.1. The van der Waals surface area contributed by atoms with Crippen molar-refractivity contribution in [3.8, 4) is 22.8 Å². The highest BCUT2D eigenvalue weighted by molar-refractivity contribution is 5.64. The van der Waals surface area contributed by atoms with E-state index >= 15 is 0 Å². The van der Waals surface area contributed by atoms with Crippen LogP contribution in [0.15, 0.2) is 59.1 Å². The van der Waals surface area contributed by atoms with Crippen LogP contribution in [-0.2, 0) is 6.54 Å². The highest BCUT2D eigenvalue weighted by Gasteiger charge is 2.18. The molecule has 0 bridgehead atoms. The van der Waals surface area contributed by atoms with Crippen LogP contribution in [0.4, 0.5) is 5.69 Å². The Hall–Kier alpha value is -3.03. The maximum Gasteiger partial charge on any atom is 0.231 e. The van der Waals surface area contributed by atoms with Gasteiger partial charge in [-0.05, 0) is 56.9 Å². The van der Waals surface area contributed by atoms with E-state index in [0.717, 1.165) is 80.8 Å². The summed E-state index contributed by atoms with van der Waals surface area (Å²) < 4.78 is 16.4. The highest BCUT2D eigenvalue weighted by atomic mass is 16.7. The molecule has 3 aromatic rings. The predicted octanol–water partition coefficient (Wildman–Crippen LogP) is 3.71. The number of hydrogen-bond donors (Lipinski definition) is 0. The zero-order chi connectivity index (χ0) is 21.8. The lowest BCUT2D eigenvalue weighted by Crippen LogP contribution is -2.47. The van der Waals surface area contributed by atoms with E-state index in [2.05, 4.69) is 57.2 Å². The van der Waals surface area contributed by atoms with Gasteiger partial charge < -0.3 is 18.9 Å². The Morgan fingerprint density at radius 2 is 1.75 bits per heavy atom. The van der Waals surface area contributed by atoms with Crippen LogP contribution in [0, 0.1) is 0 Å². The molecule has 1 saturated heterocycles. The summed E-state index contributed by atoms with van der Waals surface area (Å²) in [4.78, 5) is 7.34. The summed E-state index contributed by atoms with van der Waals surface area (Å²) in [6.45, 7) is 7.63. The number of piperazine rings is 1. The molecule has 0 unspecified atom stereocenters. The zero-order valence-electron chi connectivity index (χ0n) is 18.6. The lowest BCUT2D eigenvalue weighted by molar-refractivity contribution is 0.174. The van der Waals surface area contributed by atoms with E-state index in [4.69, 9.17) is 14.0 Å². The molecule has 7 nitrogen and oxygen atoms in total. The molecule has 2 aliphatic heterocycles. The fourth-order valence-electron chi connectivity index (χ4n) is 4.36. The molecule has 0 atom stereocenters. The number of nitrogens with zero attached hydrogens (tertiary/aromatic N) is 4. The van der Waals surface area contributed by atoms with Gasteiger partial charge in [0.25, 0.3) is 0 Å². The minimum atomic E-state index is 0.274. The van der Waals surface area contributed by atoms with Crippen molar-refractivity contribution in [2.24, 2.45) is 0 Å². The Morgan fingerprint density at radius 3 is 2.59 bits per heavy atom. The Balaban J connectivity index is 1.05. The van der Waals surface area contributed by atoms with Crippen molar-refractivity contribution in [2.75, 3.05) is 58.0 Å². The largest absolute Gasteiger partial charge is 0.454 e. The van der Waals surface area contributed by atoms with Crippen LogP contribution < -0.4 is 14.4 Å². The summed E-state index contributed by atoms with van der Waals surface area (Å²) in [5.41, 5.74) is 3.13. The molecule has 0 spiro atoms. The molecule has 0 radical (unpaired) electrons. The van der Waals surface area contributed by atoms with Crippen LogP contribution >= 0.6 is 0 Å². The number of fused-ring (bicyclic) bond motifs is 1. The van der Waals surface area contributed by atoms with Crippen molar-refractivity contribution >= 4 is 5.69 Å². The van der Waals surface area contributed by atoms with Gasteiger partial charge in [0.2, 0.25) is 6.79 Å². The molecule has 168 valence electrons. The Morgan fingerprint density at radius 1 is 0.938 bits per heavy atom. The summed E-state index contributed by atoms with van der Waals surface area (Å²) in [7, 11) is 2.14. The maximum absolute atomic E-state index is 5.58. The van der Waals surface area contributed by atoms with Gasteiger partial charge in [-0.2, -0.15) is 0 Å². The van der Waals surface area contributed by atoms with Gasteiger partial charge in [0, 0.05) is 43.5 Å². The average Bonchev–Trinajstić information content (AvgIpc) is 3.49. The van der Waals surface area contributed by atoms with Crippen LogP contribution in [0.5, 0.6) is 11.5 Å². The van der Waals surface area contributed by atoms with Gasteiger partial charge in [-0.3, -0.25) is 9.80 Å². The lowest BCUT2D eigenvalue weighted by atomic mass is 10.1. The van der Waals surface area contributed by atoms with E-state index in [1.54, 1.807) is 0 Å². The van der Waals surface area contributed by atoms with Gasteiger partial charge in [0.15, 0.2) is 17.3 Å². The van der Waals surface area contributed by atoms with E-state index in [1.807, 2.05) is 24.3 Å². The molecule has 2 aliphatic rings. The number of hydrogen-bond acceptors (Lipinski definition) is 7. The van der Waals surface area contributed by atoms with Gasteiger partial charge >= 0.3 is 0 Å². The molecule has 1 fully saturated rings. The highest BCUT2D eigenvalue weighted by Crippen LogP contribution is 2.35. The van der Waals surface area contributed by atoms with E-state index in [9.17, 15) is 0 Å². The number of benzene rings is 2. The molecule has 0 saturated carbocycles. The van der Waals surface area contributed by atoms with Crippen molar-refractivity contribution in [2.45, 2.75) is 13.0 Å². The molecule has 3 heterocycles. The Labute approximate surface area is 189 Å². The predicted molar refractivity (Wildman–Crippen MR) is 124 cm³/mol. The van der Waals surface area contributed by atoms with E-state index in [0.29, 0.717) is 0 Å². The first kappa shape index (κ1) is 20.8. The Kier molecular flexibility index (Phi) is 6.27. The fraction of sp³-hybridized carbons (Fsp3) is 0.400. The van der Waals surface area contributed by atoms with Crippen LogP contribution in [-0.4, -0.2) is 68.1 Å². The van der Waals surface area contributed by atoms with Crippen molar-refractivity contribution in [1.29, 1.82) is 0 Å². The summed E-state index contributed by atoms with van der Waals surface area (Å²) in [6.07, 6.45) is 1.14. The topological polar surface area (TPSA) is 54.2 Å². The SMILES string of the molecule is CN(CCCN1CCN(c2ccccc2)CC1)Cc1cc(-c2ccc3c(c2)OCO3)no1. The summed E-state index contributed by atoms with van der Waals surface area (Å²) >= 11 is 0. The molecule has 2 aromatic carbocycles. The monoisotopic (exact) mass is 434 g/mol. The summed E-state index contributed by atoms with van der Waals surface area (Å²) in [5, 5.41) is 4.24. The molecule has 7 heteroatoms. The van der Waals surface area contributed by atoms with Crippen LogP contribution in [0.2, 0.25) is 0 Å². The van der Waals surface area contributed by atoms with E-state index in [-0.39, 0.29) is 6.79 Å². The van der Waals surface area contributed by atoms with Crippen molar-refractivity contribution < 1.29 is 14.0 Å². The maximum atomic E-state index is 5.58. The number of para-hydroxylation sites is 1. The number of aromatic nitrogens is 1. The number of anilines is 1. The fourth-order valence-corrected chi connectivity index (χ4v) is 4.36. The van der Waals surface area contributed by atoms with Crippen LogP contribution in [0.3, 0.4) is 0 Å². The van der Waals surface area contributed by atoms with Gasteiger partial charge in [-0.25, -0.2) is 0 Å². The molecular weight excluding hydrogens is 404 g/mol. The summed E-state index contributed by atoms with van der Waals surface area (Å²) in [5.74, 6) is 2.41. The van der Waals surface area contributed by atoms with E-state index in [1.165, 1.54) is 5.69 Å². The van der Waals surface area contributed by atoms with Crippen LogP contribution in [0.1, 0.15) is 12.2 Å². The molecule has 32 heavy (non-hydrogen) atoms. The third-order valence-electron chi connectivity index (χ3n) is 6.16.